The van der Waals surface area contributed by atoms with Gasteiger partial charge in [0.1, 0.15) is 12.1 Å². The van der Waals surface area contributed by atoms with Crippen LogP contribution in [0.1, 0.15) is 90.7 Å². The van der Waals surface area contributed by atoms with Crippen LogP contribution >= 0.6 is 0 Å². The zero-order valence-electron chi connectivity index (χ0n) is 34.0. The van der Waals surface area contributed by atoms with Gasteiger partial charge in [-0.2, -0.15) is 0 Å². The van der Waals surface area contributed by atoms with Gasteiger partial charge in [-0.1, -0.05) is 88.4 Å². The molecule has 0 radical (unpaired) electrons. The maximum Gasteiger partial charge on any atom is 0.317 e. The summed E-state index contributed by atoms with van der Waals surface area (Å²) in [6, 6.07) is 3.97. The number of ketones is 1. The van der Waals surface area contributed by atoms with Gasteiger partial charge in [-0.25, -0.2) is 9.59 Å². The summed E-state index contributed by atoms with van der Waals surface area (Å²) in [5.74, 6) is -2.15. The predicted molar refractivity (Wildman–Crippen MR) is 215 cm³/mol. The minimum Gasteiger partial charge on any atom is -0.346 e. The SMILES string of the molecule is C=CCNC(=O)C(=O)C(CCCC1CC1)NC(=O)[C@@H]1CC(C=C(C)C)CN1C(=O)[C@@H](NC(=O)N[C@H](CN1CCCNC1=O)C(C)(C)C)C1Cc2ccccc2C1. The Morgan fingerprint density at radius 1 is 1.02 bits per heavy atom. The number of hydrogen-bond acceptors (Lipinski definition) is 6. The fraction of sp³-hybridized carbons (Fsp3) is 0.628. The molecule has 13 heteroatoms. The van der Waals surface area contributed by atoms with Gasteiger partial charge in [0.15, 0.2) is 0 Å². The van der Waals surface area contributed by atoms with E-state index >= 15 is 0 Å². The van der Waals surface area contributed by atoms with Crippen molar-refractivity contribution in [3.63, 3.8) is 0 Å². The molecule has 2 aliphatic heterocycles. The van der Waals surface area contributed by atoms with E-state index in [0.717, 1.165) is 42.4 Å². The largest absolute Gasteiger partial charge is 0.346 e. The molecule has 5 N–H and O–H groups in total. The van der Waals surface area contributed by atoms with Crippen LogP contribution in [0, 0.1) is 23.2 Å². The molecular weight excluding hydrogens is 711 g/mol. The lowest BCUT2D eigenvalue weighted by Gasteiger charge is -2.38. The van der Waals surface area contributed by atoms with Crippen molar-refractivity contribution in [1.82, 2.24) is 36.4 Å². The number of hydrogen-bond donors (Lipinski definition) is 5. The van der Waals surface area contributed by atoms with Crippen LogP contribution in [-0.2, 0) is 32.0 Å². The number of nitrogens with one attached hydrogen (secondary N) is 5. The fourth-order valence-corrected chi connectivity index (χ4v) is 8.26. The second-order valence-electron chi connectivity index (χ2n) is 17.5. The second kappa shape index (κ2) is 19.0. The van der Waals surface area contributed by atoms with Crippen molar-refractivity contribution in [3.05, 3.63) is 59.7 Å². The van der Waals surface area contributed by atoms with E-state index in [0.29, 0.717) is 57.7 Å². The van der Waals surface area contributed by atoms with Gasteiger partial charge < -0.3 is 36.4 Å². The smallest absolute Gasteiger partial charge is 0.317 e. The van der Waals surface area contributed by atoms with Crippen LogP contribution in [0.2, 0.25) is 0 Å². The van der Waals surface area contributed by atoms with E-state index in [9.17, 15) is 28.8 Å². The molecule has 2 aliphatic carbocycles. The first-order valence-corrected chi connectivity index (χ1v) is 20.5. The molecule has 56 heavy (non-hydrogen) atoms. The minimum atomic E-state index is -1.04. The van der Waals surface area contributed by atoms with E-state index in [1.807, 2.05) is 58.9 Å². The van der Waals surface area contributed by atoms with E-state index in [1.165, 1.54) is 6.08 Å². The summed E-state index contributed by atoms with van der Waals surface area (Å²) in [5, 5.41) is 14.5. The molecule has 1 aromatic carbocycles. The van der Waals surface area contributed by atoms with Crippen molar-refractivity contribution < 1.29 is 28.8 Å². The molecule has 5 rings (SSSR count). The Morgan fingerprint density at radius 3 is 2.32 bits per heavy atom. The molecular formula is C43H63N7O6. The molecule has 2 saturated heterocycles. The first-order valence-electron chi connectivity index (χ1n) is 20.5. The number of benzene rings is 1. The first-order chi connectivity index (χ1) is 26.6. The second-order valence-corrected chi connectivity index (χ2v) is 17.5. The Bertz CT molecular complexity index is 1640. The predicted octanol–water partition coefficient (Wildman–Crippen LogP) is 4.02. The molecule has 3 fully saturated rings. The number of Topliss-reactive ketones (excluding diaryl/α,β-unsaturated/α-hetero) is 1. The van der Waals surface area contributed by atoms with E-state index in [1.54, 1.807) is 9.80 Å². The number of carbonyl (C=O) groups is 6. The molecule has 1 aromatic rings. The van der Waals surface area contributed by atoms with Gasteiger partial charge in [0.2, 0.25) is 17.6 Å². The number of amides is 7. The van der Waals surface area contributed by atoms with Gasteiger partial charge in [-0.15, -0.1) is 6.58 Å². The number of likely N-dealkylation sites (tertiary alicyclic amines) is 1. The number of fused-ring (bicyclic) bond motifs is 1. The zero-order valence-corrected chi connectivity index (χ0v) is 34.0. The van der Waals surface area contributed by atoms with Crippen molar-refractivity contribution >= 4 is 35.6 Å². The van der Waals surface area contributed by atoms with E-state index in [4.69, 9.17) is 0 Å². The van der Waals surface area contributed by atoms with Crippen LogP contribution in [0.5, 0.6) is 0 Å². The van der Waals surface area contributed by atoms with Crippen LogP contribution in [0.4, 0.5) is 9.59 Å². The maximum absolute atomic E-state index is 15.0. The van der Waals surface area contributed by atoms with Crippen molar-refractivity contribution in [1.29, 1.82) is 0 Å². The van der Waals surface area contributed by atoms with Gasteiger partial charge in [-0.3, -0.25) is 19.2 Å². The fourth-order valence-electron chi connectivity index (χ4n) is 8.26. The molecule has 5 atom stereocenters. The number of rotatable bonds is 17. The Morgan fingerprint density at radius 2 is 1.71 bits per heavy atom. The molecule has 13 nitrogen and oxygen atoms in total. The lowest BCUT2D eigenvalue weighted by atomic mass is 9.86. The van der Waals surface area contributed by atoms with Crippen LogP contribution in [-0.4, -0.2) is 102 Å². The maximum atomic E-state index is 15.0. The topological polar surface area (TPSA) is 169 Å². The van der Waals surface area contributed by atoms with Gasteiger partial charge in [0, 0.05) is 32.7 Å². The lowest BCUT2D eigenvalue weighted by Crippen LogP contribution is -2.61. The average molecular weight is 774 g/mol. The van der Waals surface area contributed by atoms with Crippen molar-refractivity contribution in [2.75, 3.05) is 32.7 Å². The molecule has 7 amide bonds. The Kier molecular flexibility index (Phi) is 14.4. The summed E-state index contributed by atoms with van der Waals surface area (Å²) in [5.41, 5.74) is 2.86. The molecule has 306 valence electrons. The number of carbonyl (C=O) groups excluding carboxylic acids is 6. The molecule has 1 saturated carbocycles. The highest BCUT2D eigenvalue weighted by Crippen LogP contribution is 2.35. The van der Waals surface area contributed by atoms with E-state index < -0.39 is 53.2 Å². The summed E-state index contributed by atoms with van der Waals surface area (Å²) in [4.78, 5) is 85.4. The van der Waals surface area contributed by atoms with Gasteiger partial charge in [-0.05, 0) is 80.2 Å². The Hall–Kier alpha value is -4.68. The number of nitrogens with zero attached hydrogens (tertiary/aromatic N) is 2. The Labute approximate surface area is 332 Å². The molecule has 0 spiro atoms. The average Bonchev–Trinajstić information content (AvgIpc) is 3.72. The monoisotopic (exact) mass is 773 g/mol. The molecule has 0 bridgehead atoms. The van der Waals surface area contributed by atoms with Crippen molar-refractivity contribution in [2.24, 2.45) is 23.2 Å². The summed E-state index contributed by atoms with van der Waals surface area (Å²) in [7, 11) is 0. The highest BCUT2D eigenvalue weighted by molar-refractivity contribution is 6.38. The third kappa shape index (κ3) is 11.4. The highest BCUT2D eigenvalue weighted by Gasteiger charge is 2.45. The van der Waals surface area contributed by atoms with Gasteiger partial charge in [0.05, 0.1) is 12.1 Å². The minimum absolute atomic E-state index is 0.125. The summed E-state index contributed by atoms with van der Waals surface area (Å²) < 4.78 is 0. The standard InChI is InChI=1S/C43H63N7O6/c1-7-18-44-39(53)37(51)33(15-10-12-28-16-17-28)46-38(52)34-22-29(21-27(2)3)25-50(34)40(54)36(32-23-30-13-8-9-14-31(30)24-32)48-41(55)47-35(43(4,5)6)26-49-20-11-19-45-42(49)56/h7-9,13-14,21,28-29,32-36H,1,10-12,15-20,22-26H2,2-6H3,(H,44,53)(H,45,56)(H,46,52)(H2,47,48,55)/t29?,33?,34-,35+,36-/m0/s1. The van der Waals surface area contributed by atoms with E-state index in [-0.39, 0.29) is 36.9 Å². The lowest BCUT2D eigenvalue weighted by molar-refractivity contribution is -0.143. The van der Waals surface area contributed by atoms with Crippen LogP contribution < -0.4 is 26.6 Å². The number of urea groups is 2. The first kappa shape index (κ1) is 42.5. The molecule has 2 unspecified atom stereocenters. The Balaban J connectivity index is 1.39. The quantitative estimate of drug-likeness (QED) is 0.118. The summed E-state index contributed by atoms with van der Waals surface area (Å²) in [6.07, 6.45) is 10.1. The van der Waals surface area contributed by atoms with Crippen LogP contribution in [0.25, 0.3) is 0 Å². The zero-order chi connectivity index (χ0) is 40.6. The highest BCUT2D eigenvalue weighted by atomic mass is 16.2. The van der Waals surface area contributed by atoms with Crippen molar-refractivity contribution in [2.45, 2.75) is 117 Å². The third-order valence-corrected chi connectivity index (χ3v) is 11.6. The van der Waals surface area contributed by atoms with Crippen LogP contribution in [0.3, 0.4) is 0 Å². The summed E-state index contributed by atoms with van der Waals surface area (Å²) in [6.45, 7) is 15.4. The molecule has 2 heterocycles. The third-order valence-electron chi connectivity index (χ3n) is 11.6. The number of allylic oxidation sites excluding steroid dienone is 1. The van der Waals surface area contributed by atoms with Gasteiger partial charge >= 0.3 is 12.1 Å². The summed E-state index contributed by atoms with van der Waals surface area (Å²) >= 11 is 0. The normalized spacial score (nSPS) is 21.2. The molecule has 4 aliphatic rings. The molecule has 0 aromatic heterocycles. The van der Waals surface area contributed by atoms with E-state index in [2.05, 4.69) is 39.2 Å². The van der Waals surface area contributed by atoms with Crippen molar-refractivity contribution in [3.8, 4) is 0 Å². The van der Waals surface area contributed by atoms with Crippen LogP contribution in [0.15, 0.2) is 48.6 Å². The van der Waals surface area contributed by atoms with Gasteiger partial charge in [0.25, 0.3) is 5.91 Å².